The Bertz CT molecular complexity index is 756. The maximum Gasteiger partial charge on any atom is 0.217 e. The Morgan fingerprint density at radius 1 is 0.914 bits per heavy atom. The van der Waals surface area contributed by atoms with Gasteiger partial charge in [-0.3, -0.25) is 4.79 Å². The van der Waals surface area contributed by atoms with Gasteiger partial charge in [0.05, 0.1) is 0 Å². The van der Waals surface area contributed by atoms with Gasteiger partial charge in [0, 0.05) is 13.0 Å². The summed E-state index contributed by atoms with van der Waals surface area (Å²) in [4.78, 5) is 12.0. The first-order chi connectivity index (χ1) is 16.6. The molecule has 4 rings (SSSR count). The van der Waals surface area contributed by atoms with E-state index in [0.717, 1.165) is 47.8 Å². The second-order valence-corrected chi connectivity index (χ2v) is 14.4. The molecular weight excluding hydrogens is 426 g/mol. The molecular formula is C33H57NO. The topological polar surface area (TPSA) is 29.1 Å². The first kappa shape index (κ1) is 27.3. The van der Waals surface area contributed by atoms with Crippen molar-refractivity contribution in [3.8, 4) is 0 Å². The summed E-state index contributed by atoms with van der Waals surface area (Å²) in [6.07, 6.45) is 21.2. The van der Waals surface area contributed by atoms with Crippen molar-refractivity contribution < 1.29 is 4.79 Å². The fraction of sp³-hybridized carbons (Fsp3) is 0.909. The summed E-state index contributed by atoms with van der Waals surface area (Å²) in [5.41, 5.74) is 1.05. The van der Waals surface area contributed by atoms with E-state index in [1.807, 2.05) is 0 Å². The van der Waals surface area contributed by atoms with Crippen molar-refractivity contribution >= 4 is 5.91 Å². The van der Waals surface area contributed by atoms with E-state index in [4.69, 9.17) is 0 Å². The quantitative estimate of drug-likeness (QED) is 0.343. The summed E-state index contributed by atoms with van der Waals surface area (Å²) >= 11 is 0. The second kappa shape index (κ2) is 10.9. The monoisotopic (exact) mass is 483 g/mol. The number of allylic oxidation sites excluding steroid dienone is 2. The average Bonchev–Trinajstić information content (AvgIpc) is 3.15. The maximum atomic E-state index is 12.0. The molecule has 200 valence electrons. The highest BCUT2D eigenvalue weighted by Crippen LogP contribution is 2.69. The molecule has 35 heavy (non-hydrogen) atoms. The number of nitrogens with one attached hydrogen (secondary N) is 1. The van der Waals surface area contributed by atoms with Crippen molar-refractivity contribution in [3.63, 3.8) is 0 Å². The molecule has 0 aromatic carbocycles. The number of rotatable bonds is 8. The lowest BCUT2D eigenvalue weighted by Crippen LogP contribution is -2.58. The summed E-state index contributed by atoms with van der Waals surface area (Å²) in [6, 6.07) is 0.370. The summed E-state index contributed by atoms with van der Waals surface area (Å²) in [5, 5.41) is 3.38. The van der Waals surface area contributed by atoms with E-state index >= 15 is 0 Å². The Kier molecular flexibility index (Phi) is 8.49. The highest BCUT2D eigenvalue weighted by Gasteiger charge is 2.61. The molecule has 1 amide bonds. The van der Waals surface area contributed by atoms with Gasteiger partial charge >= 0.3 is 0 Å². The van der Waals surface area contributed by atoms with Gasteiger partial charge in [0.2, 0.25) is 5.91 Å². The largest absolute Gasteiger partial charge is 0.353 e. The van der Waals surface area contributed by atoms with Crippen LogP contribution in [0.2, 0.25) is 0 Å². The lowest BCUT2D eigenvalue weighted by molar-refractivity contribution is -0.139. The molecule has 0 heterocycles. The number of carbonyl (C=O) groups excluding carboxylic acids is 1. The van der Waals surface area contributed by atoms with Crippen molar-refractivity contribution in [2.75, 3.05) is 0 Å². The van der Waals surface area contributed by atoms with Crippen LogP contribution in [0.15, 0.2) is 12.2 Å². The number of amides is 1. The molecule has 10 atom stereocenters. The fourth-order valence-corrected chi connectivity index (χ4v) is 10.6. The smallest absolute Gasteiger partial charge is 0.217 e. The van der Waals surface area contributed by atoms with E-state index in [-0.39, 0.29) is 5.91 Å². The summed E-state index contributed by atoms with van der Waals surface area (Å²) in [7, 11) is 0. The van der Waals surface area contributed by atoms with Crippen molar-refractivity contribution in [2.24, 2.45) is 58.2 Å². The Morgan fingerprint density at radius 2 is 1.60 bits per heavy atom. The van der Waals surface area contributed by atoms with Gasteiger partial charge in [-0.25, -0.2) is 0 Å². The van der Waals surface area contributed by atoms with Crippen LogP contribution >= 0.6 is 0 Å². The normalized spacial score (nSPS) is 44.1. The molecule has 0 saturated heterocycles. The van der Waals surface area contributed by atoms with Crippen LogP contribution < -0.4 is 5.32 Å². The number of hydrogen-bond acceptors (Lipinski definition) is 1. The molecule has 4 aliphatic carbocycles. The highest BCUT2D eigenvalue weighted by molar-refractivity contribution is 5.73. The average molecular weight is 484 g/mol. The van der Waals surface area contributed by atoms with Crippen molar-refractivity contribution in [3.05, 3.63) is 12.2 Å². The Morgan fingerprint density at radius 3 is 2.29 bits per heavy atom. The third-order valence-electron chi connectivity index (χ3n) is 12.2. The molecule has 0 spiro atoms. The number of hydrogen-bond donors (Lipinski definition) is 1. The highest BCUT2D eigenvalue weighted by atomic mass is 16.1. The molecule has 0 radical (unpaired) electrons. The fourth-order valence-electron chi connectivity index (χ4n) is 10.6. The lowest BCUT2D eigenvalue weighted by Gasteiger charge is -2.63. The zero-order valence-electron chi connectivity index (χ0n) is 24.2. The van der Waals surface area contributed by atoms with Crippen LogP contribution in [0.3, 0.4) is 0 Å². The summed E-state index contributed by atoms with van der Waals surface area (Å²) < 4.78 is 0. The van der Waals surface area contributed by atoms with Crippen LogP contribution in [0, 0.1) is 58.2 Å². The molecule has 2 heteroatoms. The molecule has 0 aliphatic heterocycles. The zero-order chi connectivity index (χ0) is 25.4. The SMILES string of the molecule is CC=CC[C@@H]1[C@H](NC(C)=O)CC[C@@]2(C)[C@H]1CC[C@@H]1[C@@H]2CC[C@]2(C)[C@@H]([C@H](C)CCCC(C)C)CC[C@@H]12. The van der Waals surface area contributed by atoms with Gasteiger partial charge in [-0.15, -0.1) is 0 Å². The Labute approximate surface area is 217 Å². The third kappa shape index (κ3) is 5.16. The maximum absolute atomic E-state index is 12.0. The predicted molar refractivity (Wildman–Crippen MR) is 149 cm³/mol. The van der Waals surface area contributed by atoms with Gasteiger partial charge in [-0.2, -0.15) is 0 Å². The first-order valence-corrected chi connectivity index (χ1v) is 15.5. The van der Waals surface area contributed by atoms with Crippen molar-refractivity contribution in [1.29, 1.82) is 0 Å². The minimum Gasteiger partial charge on any atom is -0.353 e. The molecule has 4 aliphatic rings. The van der Waals surface area contributed by atoms with Gasteiger partial charge in [0.25, 0.3) is 0 Å². The standard InChI is InChI=1S/C33H57NO/c1-8-9-13-26-29-15-14-25-28-17-16-27(23(4)12-10-11-22(2)3)32(28,6)20-18-30(25)33(29,7)21-19-31(26)34-24(5)35/h8-9,22-23,25-31H,10-21H2,1-7H3,(H,34,35)/t23-,25+,26+,27-,28+,29+,30+,31-,32-,33+/m1/s1. The van der Waals surface area contributed by atoms with E-state index in [2.05, 4.69) is 59.0 Å². The molecule has 0 bridgehead atoms. The van der Waals surface area contributed by atoms with Crippen LogP contribution in [0.4, 0.5) is 0 Å². The van der Waals surface area contributed by atoms with E-state index in [9.17, 15) is 4.79 Å². The minimum absolute atomic E-state index is 0.158. The Balaban J connectivity index is 1.50. The van der Waals surface area contributed by atoms with Crippen LogP contribution in [0.25, 0.3) is 0 Å². The van der Waals surface area contributed by atoms with E-state index in [1.165, 1.54) is 70.6 Å². The lowest BCUT2D eigenvalue weighted by atomic mass is 9.42. The van der Waals surface area contributed by atoms with Gasteiger partial charge in [-0.1, -0.05) is 66.0 Å². The minimum atomic E-state index is 0.158. The van der Waals surface area contributed by atoms with E-state index < -0.39 is 0 Å². The van der Waals surface area contributed by atoms with Crippen molar-refractivity contribution in [1.82, 2.24) is 5.32 Å². The third-order valence-corrected chi connectivity index (χ3v) is 12.2. The molecule has 4 fully saturated rings. The van der Waals surface area contributed by atoms with Gasteiger partial charge in [0.1, 0.15) is 0 Å². The first-order valence-electron chi connectivity index (χ1n) is 15.5. The van der Waals surface area contributed by atoms with E-state index in [1.54, 1.807) is 6.92 Å². The predicted octanol–water partition coefficient (Wildman–Crippen LogP) is 8.80. The van der Waals surface area contributed by atoms with Crippen molar-refractivity contribution in [2.45, 2.75) is 132 Å². The molecule has 2 nitrogen and oxygen atoms in total. The van der Waals surface area contributed by atoms with Crippen LogP contribution in [0.5, 0.6) is 0 Å². The van der Waals surface area contributed by atoms with E-state index in [0.29, 0.717) is 22.8 Å². The van der Waals surface area contributed by atoms with Gasteiger partial charge in [-0.05, 0) is 123 Å². The van der Waals surface area contributed by atoms with Crippen LogP contribution in [0.1, 0.15) is 126 Å². The van der Waals surface area contributed by atoms with Crippen LogP contribution in [-0.2, 0) is 4.79 Å². The number of fused-ring (bicyclic) bond motifs is 5. The van der Waals surface area contributed by atoms with Gasteiger partial charge < -0.3 is 5.32 Å². The molecule has 0 aromatic rings. The zero-order valence-corrected chi connectivity index (χ0v) is 24.2. The van der Waals surface area contributed by atoms with Gasteiger partial charge in [0.15, 0.2) is 0 Å². The molecule has 0 aromatic heterocycles. The summed E-state index contributed by atoms with van der Waals surface area (Å²) in [6.45, 7) is 16.6. The summed E-state index contributed by atoms with van der Waals surface area (Å²) in [5.74, 6) is 7.03. The Hall–Kier alpha value is -0.790. The second-order valence-electron chi connectivity index (χ2n) is 14.4. The van der Waals surface area contributed by atoms with Crippen LogP contribution in [-0.4, -0.2) is 11.9 Å². The molecule has 4 saturated carbocycles. The molecule has 0 unspecified atom stereocenters. The molecule has 1 N–H and O–H groups in total. The number of carbonyl (C=O) groups is 1.